The number of carbonyl (C=O) groups excluding carboxylic acids is 1. The van der Waals surface area contributed by atoms with Gasteiger partial charge >= 0.3 is 0 Å². The molecule has 0 atom stereocenters. The number of amides is 1. The fraction of sp³-hybridized carbons (Fsp3) is 0.188. The Hall–Kier alpha value is -2.58. The van der Waals surface area contributed by atoms with Crippen molar-refractivity contribution in [2.45, 2.75) is 4.90 Å². The maximum atomic E-state index is 12.4. The minimum atomic E-state index is -3.76. The smallest absolute Gasteiger partial charge is 0.255 e. The van der Waals surface area contributed by atoms with E-state index in [1.54, 1.807) is 24.3 Å². The van der Waals surface area contributed by atoms with E-state index in [1.807, 2.05) is 0 Å². The lowest BCUT2D eigenvalue weighted by atomic mass is 10.2. The Morgan fingerprint density at radius 2 is 1.79 bits per heavy atom. The minimum absolute atomic E-state index is 0.106. The van der Waals surface area contributed by atoms with Crippen molar-refractivity contribution in [3.63, 3.8) is 0 Å². The molecule has 2 aromatic rings. The van der Waals surface area contributed by atoms with Gasteiger partial charge in [-0.1, -0.05) is 6.07 Å². The molecule has 2 aromatic carbocycles. The zero-order valence-corrected chi connectivity index (χ0v) is 14.3. The van der Waals surface area contributed by atoms with Crippen molar-refractivity contribution in [2.24, 2.45) is 0 Å². The quantitative estimate of drug-likeness (QED) is 0.829. The summed E-state index contributed by atoms with van der Waals surface area (Å²) < 4.78 is 36.5. The number of rotatable bonds is 6. The third-order valence-electron chi connectivity index (χ3n) is 3.31. The highest BCUT2D eigenvalue weighted by molar-refractivity contribution is 7.89. The topological polar surface area (TPSA) is 93.7 Å². The largest absolute Gasteiger partial charge is 0.497 e. The number of ether oxygens (including phenoxy) is 2. The van der Waals surface area contributed by atoms with Crippen LogP contribution in [0.1, 0.15) is 10.4 Å². The van der Waals surface area contributed by atoms with Gasteiger partial charge in [0, 0.05) is 17.3 Å². The van der Waals surface area contributed by atoms with Crippen LogP contribution < -0.4 is 19.5 Å². The monoisotopic (exact) mass is 350 g/mol. The average molecular weight is 350 g/mol. The van der Waals surface area contributed by atoms with Crippen LogP contribution >= 0.6 is 0 Å². The molecule has 8 heteroatoms. The zero-order chi connectivity index (χ0) is 17.7. The lowest BCUT2D eigenvalue weighted by Gasteiger charge is -2.11. The van der Waals surface area contributed by atoms with Gasteiger partial charge in [-0.3, -0.25) is 4.79 Å². The number of hydrogen-bond acceptors (Lipinski definition) is 5. The van der Waals surface area contributed by atoms with Crippen LogP contribution in [0.2, 0.25) is 0 Å². The van der Waals surface area contributed by atoms with Crippen LogP contribution in [0.5, 0.6) is 11.5 Å². The first-order chi connectivity index (χ1) is 11.4. The molecule has 2 N–H and O–H groups in total. The van der Waals surface area contributed by atoms with Crippen LogP contribution in [-0.4, -0.2) is 35.6 Å². The van der Waals surface area contributed by atoms with Crippen molar-refractivity contribution < 1.29 is 22.7 Å². The van der Waals surface area contributed by atoms with Crippen molar-refractivity contribution >= 4 is 21.6 Å². The molecule has 0 spiro atoms. The van der Waals surface area contributed by atoms with Gasteiger partial charge in [-0.15, -0.1) is 0 Å². The van der Waals surface area contributed by atoms with E-state index in [4.69, 9.17) is 9.47 Å². The number of methoxy groups -OCH3 is 2. The summed E-state index contributed by atoms with van der Waals surface area (Å²) in [5.41, 5.74) is 0.723. The predicted octanol–water partition coefficient (Wildman–Crippen LogP) is 1.86. The molecule has 0 aliphatic rings. The molecular formula is C16H18N2O5S. The Balaban J connectivity index is 2.34. The zero-order valence-electron chi connectivity index (χ0n) is 13.5. The summed E-state index contributed by atoms with van der Waals surface area (Å²) in [6, 6.07) is 11.0. The second kappa shape index (κ2) is 7.33. The molecule has 128 valence electrons. The summed E-state index contributed by atoms with van der Waals surface area (Å²) >= 11 is 0. The molecule has 0 unspecified atom stereocenters. The first-order valence-electron chi connectivity index (χ1n) is 6.98. The van der Waals surface area contributed by atoms with Gasteiger partial charge < -0.3 is 14.8 Å². The van der Waals surface area contributed by atoms with Gasteiger partial charge in [-0.2, -0.15) is 0 Å². The van der Waals surface area contributed by atoms with Crippen molar-refractivity contribution in [1.29, 1.82) is 0 Å². The SMILES string of the molecule is CNS(=O)(=O)c1cc(C(=O)Nc2cccc(OC)c2)ccc1OC. The first kappa shape index (κ1) is 17.8. The van der Waals surface area contributed by atoms with E-state index in [0.29, 0.717) is 11.4 Å². The third kappa shape index (κ3) is 3.84. The Labute approximate surface area is 140 Å². The second-order valence-corrected chi connectivity index (χ2v) is 6.61. The van der Waals surface area contributed by atoms with Crippen LogP contribution in [0.15, 0.2) is 47.4 Å². The summed E-state index contributed by atoms with van der Waals surface area (Å²) in [6.07, 6.45) is 0. The molecule has 0 fully saturated rings. The Bertz CT molecular complexity index is 849. The van der Waals surface area contributed by atoms with Gasteiger partial charge in [0.05, 0.1) is 14.2 Å². The standard InChI is InChI=1S/C16H18N2O5S/c1-17-24(20,21)15-9-11(7-8-14(15)23-3)16(19)18-12-5-4-6-13(10-12)22-2/h4-10,17H,1-3H3,(H,18,19). The highest BCUT2D eigenvalue weighted by atomic mass is 32.2. The van der Waals surface area contributed by atoms with E-state index in [-0.39, 0.29) is 16.2 Å². The van der Waals surface area contributed by atoms with E-state index in [9.17, 15) is 13.2 Å². The molecule has 1 amide bonds. The molecule has 0 aliphatic carbocycles. The summed E-state index contributed by atoms with van der Waals surface area (Å²) in [6.45, 7) is 0. The highest BCUT2D eigenvalue weighted by Crippen LogP contribution is 2.25. The van der Waals surface area contributed by atoms with E-state index in [1.165, 1.54) is 39.5 Å². The molecule has 24 heavy (non-hydrogen) atoms. The molecule has 7 nitrogen and oxygen atoms in total. The lowest BCUT2D eigenvalue weighted by molar-refractivity contribution is 0.102. The normalized spacial score (nSPS) is 11.0. The summed E-state index contributed by atoms with van der Waals surface area (Å²) in [4.78, 5) is 12.3. The van der Waals surface area contributed by atoms with Crippen LogP contribution in [0.4, 0.5) is 5.69 Å². The minimum Gasteiger partial charge on any atom is -0.497 e. The summed E-state index contributed by atoms with van der Waals surface area (Å²) in [5, 5.41) is 2.69. The van der Waals surface area contributed by atoms with Crippen molar-refractivity contribution in [3.8, 4) is 11.5 Å². The Kier molecular flexibility index (Phi) is 5.42. The molecule has 0 bridgehead atoms. The number of hydrogen-bond donors (Lipinski definition) is 2. The van der Waals surface area contributed by atoms with E-state index in [2.05, 4.69) is 10.0 Å². The molecule has 0 saturated carbocycles. The summed E-state index contributed by atoms with van der Waals surface area (Å²) in [7, 11) is 0.422. The van der Waals surface area contributed by atoms with Gasteiger partial charge in [-0.05, 0) is 37.4 Å². The van der Waals surface area contributed by atoms with Crippen LogP contribution in [0.25, 0.3) is 0 Å². The second-order valence-electron chi connectivity index (χ2n) is 4.76. The van der Waals surface area contributed by atoms with Gasteiger partial charge in [0.2, 0.25) is 10.0 Å². The molecule has 0 aliphatic heterocycles. The number of carbonyl (C=O) groups is 1. The van der Waals surface area contributed by atoms with E-state index < -0.39 is 15.9 Å². The van der Waals surface area contributed by atoms with E-state index >= 15 is 0 Å². The number of anilines is 1. The molecular weight excluding hydrogens is 332 g/mol. The number of benzene rings is 2. The number of nitrogens with one attached hydrogen (secondary N) is 2. The molecule has 0 saturated heterocycles. The Morgan fingerprint density at radius 1 is 1.04 bits per heavy atom. The van der Waals surface area contributed by atoms with Gasteiger partial charge in [0.15, 0.2) is 0 Å². The van der Waals surface area contributed by atoms with E-state index in [0.717, 1.165) is 0 Å². The molecule has 0 aromatic heterocycles. The van der Waals surface area contributed by atoms with Crippen molar-refractivity contribution in [3.05, 3.63) is 48.0 Å². The fourth-order valence-electron chi connectivity index (χ4n) is 2.04. The maximum Gasteiger partial charge on any atom is 0.255 e. The van der Waals surface area contributed by atoms with Crippen molar-refractivity contribution in [2.75, 3.05) is 26.6 Å². The lowest BCUT2D eigenvalue weighted by Crippen LogP contribution is -2.20. The average Bonchev–Trinajstić information content (AvgIpc) is 2.61. The van der Waals surface area contributed by atoms with Gasteiger partial charge in [0.1, 0.15) is 16.4 Å². The fourth-order valence-corrected chi connectivity index (χ4v) is 2.96. The van der Waals surface area contributed by atoms with Crippen LogP contribution in [0.3, 0.4) is 0 Å². The maximum absolute atomic E-state index is 12.4. The predicted molar refractivity (Wildman–Crippen MR) is 90.2 cm³/mol. The van der Waals surface area contributed by atoms with Crippen molar-refractivity contribution in [1.82, 2.24) is 4.72 Å². The molecule has 0 heterocycles. The van der Waals surface area contributed by atoms with Crippen LogP contribution in [-0.2, 0) is 10.0 Å². The third-order valence-corrected chi connectivity index (χ3v) is 4.75. The first-order valence-corrected chi connectivity index (χ1v) is 8.46. The van der Waals surface area contributed by atoms with Gasteiger partial charge in [-0.25, -0.2) is 13.1 Å². The molecule has 2 rings (SSSR count). The summed E-state index contributed by atoms with van der Waals surface area (Å²) in [5.74, 6) is 0.307. The number of sulfonamides is 1. The van der Waals surface area contributed by atoms with Crippen LogP contribution in [0, 0.1) is 0 Å². The Morgan fingerprint density at radius 3 is 2.42 bits per heavy atom. The molecule has 0 radical (unpaired) electrons. The van der Waals surface area contributed by atoms with Gasteiger partial charge in [0.25, 0.3) is 5.91 Å². The highest BCUT2D eigenvalue weighted by Gasteiger charge is 2.20.